The van der Waals surface area contributed by atoms with Crippen LogP contribution in [0.5, 0.6) is 11.5 Å². The van der Waals surface area contributed by atoms with Crippen molar-refractivity contribution in [1.29, 1.82) is 0 Å². The molecule has 0 heterocycles. The van der Waals surface area contributed by atoms with E-state index in [1.807, 2.05) is 18.2 Å². The maximum absolute atomic E-state index is 5.78. The highest BCUT2D eigenvalue weighted by molar-refractivity contribution is 5.29. The van der Waals surface area contributed by atoms with Crippen molar-refractivity contribution in [1.82, 2.24) is 0 Å². The lowest BCUT2D eigenvalue weighted by molar-refractivity contribution is 0.321. The van der Waals surface area contributed by atoms with Gasteiger partial charge in [-0.05, 0) is 41.8 Å². The van der Waals surface area contributed by atoms with Crippen LogP contribution >= 0.6 is 0 Å². The molecule has 2 nitrogen and oxygen atoms in total. The first-order chi connectivity index (χ1) is 9.81. The lowest BCUT2D eigenvalue weighted by Gasteiger charge is -2.08. The molecule has 0 N–H and O–H groups in total. The van der Waals surface area contributed by atoms with E-state index in [2.05, 4.69) is 37.3 Å². The van der Waals surface area contributed by atoms with E-state index in [0.29, 0.717) is 6.61 Å². The van der Waals surface area contributed by atoms with Crippen LogP contribution < -0.4 is 9.47 Å². The average molecular weight is 270 g/mol. The molecule has 20 heavy (non-hydrogen) atoms. The summed E-state index contributed by atoms with van der Waals surface area (Å²) in [5, 5.41) is 0. The first-order valence-corrected chi connectivity index (χ1v) is 7.16. The lowest BCUT2D eigenvalue weighted by atomic mass is 10.1. The second-order valence-electron chi connectivity index (χ2n) is 4.84. The van der Waals surface area contributed by atoms with E-state index in [4.69, 9.17) is 9.47 Å². The lowest BCUT2D eigenvalue weighted by Crippen LogP contribution is -2.01. The molecule has 0 fully saturated rings. The smallest absolute Gasteiger partial charge is 0.119 e. The molecule has 106 valence electrons. The summed E-state index contributed by atoms with van der Waals surface area (Å²) in [6, 6.07) is 16.5. The van der Waals surface area contributed by atoms with E-state index in [9.17, 15) is 0 Å². The highest BCUT2D eigenvalue weighted by Gasteiger charge is 1.98. The van der Waals surface area contributed by atoms with E-state index < -0.39 is 0 Å². The van der Waals surface area contributed by atoms with Gasteiger partial charge in [0.15, 0.2) is 0 Å². The third-order valence-electron chi connectivity index (χ3n) is 3.26. The standard InChI is InChI=1S/C18H22O2/c1-3-5-15-8-10-17(11-9-15)20-13-12-16-6-4-7-18(14-16)19-2/h4,6-11,14H,3,5,12-13H2,1-2H3. The molecule has 0 bridgehead atoms. The molecule has 0 unspecified atom stereocenters. The molecule has 2 heteroatoms. The molecule has 0 aliphatic heterocycles. The fraction of sp³-hybridized carbons (Fsp3) is 0.333. The van der Waals surface area contributed by atoms with E-state index in [1.165, 1.54) is 17.5 Å². The molecule has 0 spiro atoms. The fourth-order valence-corrected chi connectivity index (χ4v) is 2.16. The maximum atomic E-state index is 5.78. The summed E-state index contributed by atoms with van der Waals surface area (Å²) < 4.78 is 11.0. The minimum atomic E-state index is 0.681. The number of hydrogen-bond donors (Lipinski definition) is 0. The van der Waals surface area contributed by atoms with Crippen LogP contribution in [0.1, 0.15) is 24.5 Å². The maximum Gasteiger partial charge on any atom is 0.119 e. The zero-order valence-corrected chi connectivity index (χ0v) is 12.3. The first-order valence-electron chi connectivity index (χ1n) is 7.16. The highest BCUT2D eigenvalue weighted by Crippen LogP contribution is 2.15. The zero-order valence-electron chi connectivity index (χ0n) is 12.3. The molecule has 0 aromatic heterocycles. The largest absolute Gasteiger partial charge is 0.497 e. The van der Waals surface area contributed by atoms with Crippen molar-refractivity contribution in [2.45, 2.75) is 26.2 Å². The third-order valence-corrected chi connectivity index (χ3v) is 3.26. The summed E-state index contributed by atoms with van der Waals surface area (Å²) in [7, 11) is 1.69. The average Bonchev–Trinajstić information content (AvgIpc) is 2.50. The predicted molar refractivity (Wildman–Crippen MR) is 82.6 cm³/mol. The van der Waals surface area contributed by atoms with Gasteiger partial charge < -0.3 is 9.47 Å². The minimum absolute atomic E-state index is 0.681. The summed E-state index contributed by atoms with van der Waals surface area (Å²) in [5.74, 6) is 1.83. The zero-order chi connectivity index (χ0) is 14.2. The van der Waals surface area contributed by atoms with E-state index >= 15 is 0 Å². The van der Waals surface area contributed by atoms with Crippen molar-refractivity contribution in [3.8, 4) is 11.5 Å². The second kappa shape index (κ2) is 7.59. The summed E-state index contributed by atoms with van der Waals surface area (Å²) in [5.41, 5.74) is 2.60. The molecular weight excluding hydrogens is 248 g/mol. The Labute approximate surface area is 121 Å². The molecule has 0 aliphatic carbocycles. The van der Waals surface area contributed by atoms with Crippen molar-refractivity contribution < 1.29 is 9.47 Å². The van der Waals surface area contributed by atoms with Crippen LogP contribution in [0.15, 0.2) is 48.5 Å². The number of aryl methyl sites for hydroxylation is 1. The molecular formula is C18H22O2. The number of hydrogen-bond acceptors (Lipinski definition) is 2. The summed E-state index contributed by atoms with van der Waals surface area (Å²) in [6.45, 7) is 2.87. The molecule has 0 saturated heterocycles. The molecule has 2 aromatic rings. The van der Waals surface area contributed by atoms with E-state index in [0.717, 1.165) is 24.3 Å². The summed E-state index contributed by atoms with van der Waals surface area (Å²) >= 11 is 0. The van der Waals surface area contributed by atoms with Gasteiger partial charge >= 0.3 is 0 Å². The van der Waals surface area contributed by atoms with Gasteiger partial charge in [-0.15, -0.1) is 0 Å². The van der Waals surface area contributed by atoms with Crippen molar-refractivity contribution in [2.75, 3.05) is 13.7 Å². The Hall–Kier alpha value is -1.96. The van der Waals surface area contributed by atoms with Crippen LogP contribution in [0.2, 0.25) is 0 Å². The Morgan fingerprint density at radius 2 is 1.65 bits per heavy atom. The molecule has 0 aliphatic rings. The van der Waals surface area contributed by atoms with Crippen LogP contribution in [0.3, 0.4) is 0 Å². The topological polar surface area (TPSA) is 18.5 Å². The number of ether oxygens (including phenoxy) is 2. The van der Waals surface area contributed by atoms with Gasteiger partial charge in [0.05, 0.1) is 13.7 Å². The van der Waals surface area contributed by atoms with Crippen LogP contribution in [-0.2, 0) is 12.8 Å². The van der Waals surface area contributed by atoms with Gasteiger partial charge in [-0.2, -0.15) is 0 Å². The van der Waals surface area contributed by atoms with Crippen LogP contribution in [0, 0.1) is 0 Å². The van der Waals surface area contributed by atoms with Crippen LogP contribution in [0.25, 0.3) is 0 Å². The van der Waals surface area contributed by atoms with Crippen molar-refractivity contribution in [3.63, 3.8) is 0 Å². The second-order valence-corrected chi connectivity index (χ2v) is 4.84. The van der Waals surface area contributed by atoms with Gasteiger partial charge in [-0.3, -0.25) is 0 Å². The highest BCUT2D eigenvalue weighted by atomic mass is 16.5. The molecule has 2 aromatic carbocycles. The van der Waals surface area contributed by atoms with E-state index in [1.54, 1.807) is 7.11 Å². The normalized spacial score (nSPS) is 10.3. The molecule has 0 atom stereocenters. The van der Waals surface area contributed by atoms with Gasteiger partial charge in [0, 0.05) is 6.42 Å². The van der Waals surface area contributed by atoms with Gasteiger partial charge in [0.2, 0.25) is 0 Å². The van der Waals surface area contributed by atoms with Crippen LogP contribution in [-0.4, -0.2) is 13.7 Å². The van der Waals surface area contributed by atoms with Gasteiger partial charge in [-0.25, -0.2) is 0 Å². The van der Waals surface area contributed by atoms with Crippen LogP contribution in [0.4, 0.5) is 0 Å². The number of benzene rings is 2. The molecule has 0 radical (unpaired) electrons. The number of methoxy groups -OCH3 is 1. The predicted octanol–water partition coefficient (Wildman–Crippen LogP) is 4.27. The Bertz CT molecular complexity index is 517. The van der Waals surface area contributed by atoms with Crippen molar-refractivity contribution in [3.05, 3.63) is 59.7 Å². The van der Waals surface area contributed by atoms with Gasteiger partial charge in [0.1, 0.15) is 11.5 Å². The SMILES string of the molecule is CCCc1ccc(OCCc2cccc(OC)c2)cc1. The van der Waals surface area contributed by atoms with Gasteiger partial charge in [-0.1, -0.05) is 37.6 Å². The minimum Gasteiger partial charge on any atom is -0.497 e. The Kier molecular flexibility index (Phi) is 5.48. The molecule has 0 amide bonds. The summed E-state index contributed by atoms with van der Waals surface area (Å²) in [4.78, 5) is 0. The Morgan fingerprint density at radius 3 is 2.35 bits per heavy atom. The van der Waals surface area contributed by atoms with Gasteiger partial charge in [0.25, 0.3) is 0 Å². The Morgan fingerprint density at radius 1 is 0.850 bits per heavy atom. The monoisotopic (exact) mass is 270 g/mol. The fourth-order valence-electron chi connectivity index (χ4n) is 2.16. The third kappa shape index (κ3) is 4.30. The Balaban J connectivity index is 1.82. The van der Waals surface area contributed by atoms with Crippen molar-refractivity contribution in [2.24, 2.45) is 0 Å². The summed E-state index contributed by atoms with van der Waals surface area (Å²) in [6.07, 6.45) is 3.19. The van der Waals surface area contributed by atoms with Crippen molar-refractivity contribution >= 4 is 0 Å². The number of rotatable bonds is 7. The molecule has 0 saturated carbocycles. The quantitative estimate of drug-likeness (QED) is 0.748. The molecule has 2 rings (SSSR count). The first kappa shape index (κ1) is 14.4. The van der Waals surface area contributed by atoms with E-state index in [-0.39, 0.29) is 0 Å².